The van der Waals surface area contributed by atoms with E-state index < -0.39 is 0 Å². The minimum Gasteiger partial charge on any atom is -0.0928 e. The summed E-state index contributed by atoms with van der Waals surface area (Å²) in [5.74, 6) is 0. The van der Waals surface area contributed by atoms with Gasteiger partial charge in [0.1, 0.15) is 0 Å². The molecule has 0 N–H and O–H groups in total. The van der Waals surface area contributed by atoms with Crippen LogP contribution in [-0.4, -0.2) is 5.33 Å². The lowest BCUT2D eigenvalue weighted by atomic mass is 9.76. The molecule has 19 heavy (non-hydrogen) atoms. The smallest absolute Gasteiger partial charge is 0.0187 e. The van der Waals surface area contributed by atoms with E-state index in [0.717, 1.165) is 5.33 Å². The van der Waals surface area contributed by atoms with Gasteiger partial charge in [-0.05, 0) is 35.1 Å². The van der Waals surface area contributed by atoms with Crippen LogP contribution in [0.25, 0.3) is 11.1 Å². The van der Waals surface area contributed by atoms with Crippen LogP contribution in [-0.2, 0) is 5.41 Å². The summed E-state index contributed by atoms with van der Waals surface area (Å²) in [6.07, 6.45) is 3.75. The Bertz CT molecular complexity index is 540. The molecule has 0 aliphatic heterocycles. The molecule has 0 heterocycles. The molecule has 0 spiro atoms. The minimum absolute atomic E-state index is 0.190. The zero-order chi connectivity index (χ0) is 13.3. The first-order valence-corrected chi connectivity index (χ1v) is 8.15. The van der Waals surface area contributed by atoms with Crippen molar-refractivity contribution in [2.24, 2.45) is 0 Å². The van der Waals surface area contributed by atoms with Crippen molar-refractivity contribution in [3.63, 3.8) is 0 Å². The van der Waals surface area contributed by atoms with Gasteiger partial charge in [0.05, 0.1) is 0 Å². The average Bonchev–Trinajstić information content (AvgIpc) is 2.71. The molecule has 1 heteroatoms. The predicted molar refractivity (Wildman–Crippen MR) is 86.0 cm³/mol. The molecule has 0 radical (unpaired) electrons. The van der Waals surface area contributed by atoms with Gasteiger partial charge in [-0.3, -0.25) is 0 Å². The van der Waals surface area contributed by atoms with E-state index in [9.17, 15) is 0 Å². The maximum Gasteiger partial charge on any atom is 0.0187 e. The van der Waals surface area contributed by atoms with Crippen LogP contribution in [0.3, 0.4) is 0 Å². The van der Waals surface area contributed by atoms with E-state index >= 15 is 0 Å². The van der Waals surface area contributed by atoms with Crippen molar-refractivity contribution in [1.82, 2.24) is 0 Å². The van der Waals surface area contributed by atoms with Gasteiger partial charge in [0.15, 0.2) is 0 Å². The zero-order valence-corrected chi connectivity index (χ0v) is 12.9. The third-order valence-electron chi connectivity index (χ3n) is 4.39. The molecule has 0 atom stereocenters. The van der Waals surface area contributed by atoms with E-state index in [0.29, 0.717) is 0 Å². The first-order chi connectivity index (χ1) is 9.27. The highest BCUT2D eigenvalue weighted by Gasteiger charge is 2.37. The van der Waals surface area contributed by atoms with Crippen LogP contribution in [0.15, 0.2) is 48.5 Å². The first kappa shape index (κ1) is 12.9. The van der Waals surface area contributed by atoms with Gasteiger partial charge in [-0.1, -0.05) is 77.8 Å². The van der Waals surface area contributed by atoms with Crippen molar-refractivity contribution in [1.29, 1.82) is 0 Å². The molecule has 2 aromatic carbocycles. The highest BCUT2D eigenvalue weighted by atomic mass is 79.9. The monoisotopic (exact) mass is 314 g/mol. The van der Waals surface area contributed by atoms with Gasteiger partial charge in [-0.2, -0.15) is 0 Å². The highest BCUT2D eigenvalue weighted by molar-refractivity contribution is 9.09. The third kappa shape index (κ3) is 2.04. The second-order valence-electron chi connectivity index (χ2n) is 5.57. The van der Waals surface area contributed by atoms with Crippen LogP contribution in [0.2, 0.25) is 0 Å². The van der Waals surface area contributed by atoms with Crippen molar-refractivity contribution in [2.45, 2.75) is 31.6 Å². The fourth-order valence-electron chi connectivity index (χ4n) is 3.39. The zero-order valence-electron chi connectivity index (χ0n) is 11.3. The molecule has 0 nitrogen and oxygen atoms in total. The molecule has 0 aromatic heterocycles. The van der Waals surface area contributed by atoms with Crippen molar-refractivity contribution in [2.75, 3.05) is 5.33 Å². The van der Waals surface area contributed by atoms with Crippen LogP contribution in [0, 0.1) is 0 Å². The van der Waals surface area contributed by atoms with Crippen LogP contribution < -0.4 is 0 Å². The topological polar surface area (TPSA) is 0 Å². The summed E-state index contributed by atoms with van der Waals surface area (Å²) >= 11 is 3.54. The fraction of sp³-hybridized carbons (Fsp3) is 0.333. The number of hydrogen-bond donors (Lipinski definition) is 0. The molecule has 0 bridgehead atoms. The van der Waals surface area contributed by atoms with E-state index in [4.69, 9.17) is 0 Å². The van der Waals surface area contributed by atoms with Gasteiger partial charge < -0.3 is 0 Å². The van der Waals surface area contributed by atoms with Crippen LogP contribution in [0.4, 0.5) is 0 Å². The lowest BCUT2D eigenvalue weighted by Gasteiger charge is -2.27. The Morgan fingerprint density at radius 1 is 0.842 bits per heavy atom. The van der Waals surface area contributed by atoms with E-state index in [1.165, 1.54) is 41.5 Å². The maximum atomic E-state index is 3.54. The number of benzene rings is 2. The Kier molecular flexibility index (Phi) is 3.49. The Labute approximate surface area is 124 Å². The quantitative estimate of drug-likeness (QED) is 0.513. The third-order valence-corrected chi connectivity index (χ3v) is 4.95. The molecule has 0 saturated carbocycles. The normalized spacial score (nSPS) is 15.1. The second-order valence-corrected chi connectivity index (χ2v) is 6.36. The Morgan fingerprint density at radius 2 is 1.37 bits per heavy atom. The summed E-state index contributed by atoms with van der Waals surface area (Å²) in [5, 5.41) is 1.10. The lowest BCUT2D eigenvalue weighted by Crippen LogP contribution is -2.20. The second kappa shape index (κ2) is 5.13. The summed E-state index contributed by atoms with van der Waals surface area (Å²) in [6, 6.07) is 17.8. The molecular formula is C18H19Br. The summed E-state index contributed by atoms with van der Waals surface area (Å²) in [7, 11) is 0. The van der Waals surface area contributed by atoms with Crippen LogP contribution in [0.5, 0.6) is 0 Å². The Hall–Kier alpha value is -1.08. The largest absolute Gasteiger partial charge is 0.0928 e. The number of halogens is 1. The summed E-state index contributed by atoms with van der Waals surface area (Å²) in [5.41, 5.74) is 6.06. The van der Waals surface area contributed by atoms with Gasteiger partial charge in [0.25, 0.3) is 0 Å². The summed E-state index contributed by atoms with van der Waals surface area (Å²) < 4.78 is 0. The molecule has 1 aliphatic carbocycles. The molecule has 0 amide bonds. The van der Waals surface area contributed by atoms with E-state index in [1.54, 1.807) is 0 Å². The van der Waals surface area contributed by atoms with Gasteiger partial charge in [0, 0.05) is 10.7 Å². The molecule has 2 aromatic rings. The molecule has 1 aliphatic rings. The van der Waals surface area contributed by atoms with Gasteiger partial charge in [-0.25, -0.2) is 0 Å². The highest BCUT2D eigenvalue weighted by Crippen LogP contribution is 2.50. The predicted octanol–water partition coefficient (Wildman–Crippen LogP) is 5.54. The number of rotatable bonds is 4. The van der Waals surface area contributed by atoms with E-state index in [-0.39, 0.29) is 5.41 Å². The number of unbranched alkanes of at least 4 members (excludes halogenated alkanes) is 1. The van der Waals surface area contributed by atoms with Crippen molar-refractivity contribution in [3.8, 4) is 11.1 Å². The molecule has 0 fully saturated rings. The van der Waals surface area contributed by atoms with E-state index in [2.05, 4.69) is 71.4 Å². The van der Waals surface area contributed by atoms with Gasteiger partial charge >= 0.3 is 0 Å². The number of hydrogen-bond acceptors (Lipinski definition) is 0. The molecule has 98 valence electrons. The summed E-state index contributed by atoms with van der Waals surface area (Å²) in [6.45, 7) is 2.41. The van der Waals surface area contributed by atoms with Gasteiger partial charge in [-0.15, -0.1) is 0 Å². The number of fused-ring (bicyclic) bond motifs is 3. The van der Waals surface area contributed by atoms with Crippen LogP contribution in [0.1, 0.15) is 37.3 Å². The van der Waals surface area contributed by atoms with E-state index in [1.807, 2.05) is 0 Å². The molecular weight excluding hydrogens is 296 g/mol. The fourth-order valence-corrected chi connectivity index (χ4v) is 3.78. The van der Waals surface area contributed by atoms with Gasteiger partial charge in [0.2, 0.25) is 0 Å². The molecule has 0 unspecified atom stereocenters. The summed E-state index contributed by atoms with van der Waals surface area (Å²) in [4.78, 5) is 0. The van der Waals surface area contributed by atoms with Crippen LogP contribution >= 0.6 is 15.9 Å². The number of alkyl halides is 1. The standard InChI is InChI=1S/C18H19Br/c1-18(12-6-7-13-19)16-10-4-2-8-14(16)15-9-3-5-11-17(15)18/h2-5,8-11H,6-7,12-13H2,1H3. The average molecular weight is 315 g/mol. The Balaban J connectivity index is 2.09. The maximum absolute atomic E-state index is 3.54. The van der Waals surface area contributed by atoms with Crippen molar-refractivity contribution >= 4 is 15.9 Å². The SMILES string of the molecule is CC1(CCCCBr)c2ccccc2-c2ccccc21. The van der Waals surface area contributed by atoms with Crippen molar-refractivity contribution < 1.29 is 0 Å². The Morgan fingerprint density at radius 3 is 1.89 bits per heavy atom. The van der Waals surface area contributed by atoms with Crippen molar-refractivity contribution in [3.05, 3.63) is 59.7 Å². The first-order valence-electron chi connectivity index (χ1n) is 7.03. The lowest BCUT2D eigenvalue weighted by molar-refractivity contribution is 0.506. The minimum atomic E-state index is 0.190. The molecule has 3 rings (SSSR count). The molecule has 0 saturated heterocycles.